The summed E-state index contributed by atoms with van der Waals surface area (Å²) in [5, 5.41) is 6.08. The molecule has 0 fully saturated rings. The Balaban J connectivity index is 1.42. The molecule has 0 saturated carbocycles. The zero-order chi connectivity index (χ0) is 20.2. The highest BCUT2D eigenvalue weighted by Gasteiger charge is 2.11. The van der Waals surface area contributed by atoms with E-state index in [1.54, 1.807) is 30.3 Å². The predicted octanol–water partition coefficient (Wildman–Crippen LogP) is 7.03. The largest absolute Gasteiger partial charge is 0.457 e. The summed E-state index contributed by atoms with van der Waals surface area (Å²) in [6.07, 6.45) is 2.98. The van der Waals surface area contributed by atoms with Crippen molar-refractivity contribution in [2.45, 2.75) is 0 Å². The Morgan fingerprint density at radius 3 is 2.69 bits per heavy atom. The lowest BCUT2D eigenvalue weighted by Gasteiger charge is -2.01. The van der Waals surface area contributed by atoms with Gasteiger partial charge in [-0.05, 0) is 30.3 Å². The van der Waals surface area contributed by atoms with Crippen LogP contribution in [-0.2, 0) is 4.79 Å². The highest BCUT2D eigenvalue weighted by atomic mass is 35.5. The van der Waals surface area contributed by atoms with Gasteiger partial charge in [0.25, 0.3) is 0 Å². The zero-order valence-electron chi connectivity index (χ0n) is 14.9. The van der Waals surface area contributed by atoms with Crippen LogP contribution in [0.25, 0.3) is 28.7 Å². The first-order chi connectivity index (χ1) is 14.1. The van der Waals surface area contributed by atoms with Gasteiger partial charge >= 0.3 is 0 Å². The quantitative estimate of drug-likeness (QED) is 0.338. The number of rotatable bonds is 5. The van der Waals surface area contributed by atoms with Gasteiger partial charge in [0.15, 0.2) is 5.13 Å². The average molecular weight is 441 g/mol. The van der Waals surface area contributed by atoms with Gasteiger partial charge in [-0.3, -0.25) is 10.1 Å². The van der Waals surface area contributed by atoms with Crippen LogP contribution in [0.1, 0.15) is 5.76 Å². The van der Waals surface area contributed by atoms with E-state index in [1.165, 1.54) is 17.4 Å². The van der Waals surface area contributed by atoms with Gasteiger partial charge in [0.2, 0.25) is 5.91 Å². The molecular weight excluding hydrogens is 427 g/mol. The fourth-order valence-electron chi connectivity index (χ4n) is 2.66. The third-order valence-electron chi connectivity index (χ3n) is 4.05. The summed E-state index contributed by atoms with van der Waals surface area (Å²) in [6, 6.07) is 18.7. The SMILES string of the molecule is O=C(C=Cc1ccc(-c2cccc(Cl)c2Cl)o1)Nc1nc(-c2ccccc2)cs1. The maximum absolute atomic E-state index is 12.2. The molecule has 4 nitrogen and oxygen atoms in total. The molecule has 0 atom stereocenters. The molecule has 29 heavy (non-hydrogen) atoms. The molecule has 0 aliphatic rings. The summed E-state index contributed by atoms with van der Waals surface area (Å²) in [4.78, 5) is 16.6. The number of halogens is 2. The summed E-state index contributed by atoms with van der Waals surface area (Å²) in [6.45, 7) is 0. The minimum absolute atomic E-state index is 0.294. The van der Waals surface area contributed by atoms with Crippen LogP contribution in [0, 0.1) is 0 Å². The molecule has 0 bridgehead atoms. The Kier molecular flexibility index (Phi) is 5.81. The topological polar surface area (TPSA) is 55.1 Å². The molecule has 0 aliphatic carbocycles. The van der Waals surface area contributed by atoms with Crippen molar-refractivity contribution in [2.24, 2.45) is 0 Å². The Morgan fingerprint density at radius 2 is 1.86 bits per heavy atom. The molecule has 0 radical (unpaired) electrons. The molecule has 2 heterocycles. The van der Waals surface area contributed by atoms with E-state index in [4.69, 9.17) is 27.6 Å². The van der Waals surface area contributed by atoms with Crippen LogP contribution >= 0.6 is 34.5 Å². The number of carbonyl (C=O) groups excluding carboxylic acids is 1. The molecule has 1 amide bonds. The van der Waals surface area contributed by atoms with Crippen molar-refractivity contribution in [3.63, 3.8) is 0 Å². The molecule has 4 aromatic rings. The summed E-state index contributed by atoms with van der Waals surface area (Å²) in [5.41, 5.74) is 2.52. The van der Waals surface area contributed by atoms with E-state index in [9.17, 15) is 4.79 Å². The highest BCUT2D eigenvalue weighted by Crippen LogP contribution is 2.34. The van der Waals surface area contributed by atoms with Gasteiger partial charge in [-0.25, -0.2) is 4.98 Å². The van der Waals surface area contributed by atoms with E-state index in [2.05, 4.69) is 10.3 Å². The van der Waals surface area contributed by atoms with Crippen molar-refractivity contribution in [3.05, 3.63) is 87.9 Å². The van der Waals surface area contributed by atoms with Gasteiger partial charge in [-0.1, -0.05) is 59.6 Å². The Bertz CT molecular complexity index is 1180. The lowest BCUT2D eigenvalue weighted by Crippen LogP contribution is -2.07. The standard InChI is InChI=1S/C22H14Cl2N2O2S/c23-17-8-4-7-16(21(17)24)19-11-9-15(28-19)10-12-20(27)26-22-25-18(13-29-22)14-5-2-1-3-6-14/h1-13H,(H,25,26,27). The molecule has 0 saturated heterocycles. The summed E-state index contributed by atoms with van der Waals surface area (Å²) in [7, 11) is 0. The molecule has 2 aromatic carbocycles. The van der Waals surface area contributed by atoms with E-state index in [-0.39, 0.29) is 5.91 Å². The summed E-state index contributed by atoms with van der Waals surface area (Å²) >= 11 is 13.6. The van der Waals surface area contributed by atoms with Crippen LogP contribution in [0.2, 0.25) is 10.0 Å². The Labute approximate surface area is 181 Å². The number of nitrogens with zero attached hydrogens (tertiary/aromatic N) is 1. The van der Waals surface area contributed by atoms with E-state index in [0.717, 1.165) is 11.3 Å². The highest BCUT2D eigenvalue weighted by molar-refractivity contribution is 7.14. The smallest absolute Gasteiger partial charge is 0.250 e. The molecule has 0 aliphatic heterocycles. The second kappa shape index (κ2) is 8.66. The number of aromatic nitrogens is 1. The number of thiazole rings is 1. The molecular formula is C22H14Cl2N2O2S. The van der Waals surface area contributed by atoms with Gasteiger partial charge in [0, 0.05) is 22.6 Å². The molecule has 0 spiro atoms. The predicted molar refractivity (Wildman–Crippen MR) is 119 cm³/mol. The number of hydrogen-bond donors (Lipinski definition) is 1. The minimum Gasteiger partial charge on any atom is -0.457 e. The van der Waals surface area contributed by atoms with Crippen molar-refractivity contribution in [1.82, 2.24) is 4.98 Å². The van der Waals surface area contributed by atoms with E-state index < -0.39 is 0 Å². The second-order valence-electron chi connectivity index (χ2n) is 6.03. The lowest BCUT2D eigenvalue weighted by atomic mass is 10.2. The van der Waals surface area contributed by atoms with Crippen LogP contribution < -0.4 is 5.32 Å². The van der Waals surface area contributed by atoms with E-state index in [1.807, 2.05) is 41.8 Å². The summed E-state index contributed by atoms with van der Waals surface area (Å²) < 4.78 is 5.75. The molecule has 4 rings (SSSR count). The fraction of sp³-hybridized carbons (Fsp3) is 0. The minimum atomic E-state index is -0.294. The van der Waals surface area contributed by atoms with Crippen molar-refractivity contribution in [1.29, 1.82) is 0 Å². The van der Waals surface area contributed by atoms with Gasteiger partial charge in [-0.15, -0.1) is 11.3 Å². The molecule has 1 N–H and O–H groups in total. The molecule has 144 valence electrons. The Hall–Kier alpha value is -2.86. The van der Waals surface area contributed by atoms with Gasteiger partial charge in [0.05, 0.1) is 15.7 Å². The number of benzene rings is 2. The van der Waals surface area contributed by atoms with Crippen molar-refractivity contribution in [2.75, 3.05) is 5.32 Å². The Morgan fingerprint density at radius 1 is 1.03 bits per heavy atom. The third kappa shape index (κ3) is 4.59. The summed E-state index contributed by atoms with van der Waals surface area (Å²) in [5.74, 6) is 0.804. The number of hydrogen-bond acceptors (Lipinski definition) is 4. The van der Waals surface area contributed by atoms with Crippen LogP contribution in [0.3, 0.4) is 0 Å². The second-order valence-corrected chi connectivity index (χ2v) is 7.67. The van der Waals surface area contributed by atoms with Crippen LogP contribution in [-0.4, -0.2) is 10.9 Å². The molecule has 0 unspecified atom stereocenters. The van der Waals surface area contributed by atoms with Gasteiger partial charge in [0.1, 0.15) is 11.5 Å². The fourth-order valence-corrected chi connectivity index (χ4v) is 3.78. The first-order valence-corrected chi connectivity index (χ1v) is 10.3. The van der Waals surface area contributed by atoms with E-state index in [0.29, 0.717) is 32.3 Å². The van der Waals surface area contributed by atoms with Crippen LogP contribution in [0.15, 0.2) is 76.5 Å². The average Bonchev–Trinajstić information content (AvgIpc) is 3.39. The lowest BCUT2D eigenvalue weighted by molar-refractivity contribution is -0.111. The van der Waals surface area contributed by atoms with Gasteiger partial charge in [-0.2, -0.15) is 0 Å². The number of carbonyl (C=O) groups is 1. The van der Waals surface area contributed by atoms with Crippen LogP contribution in [0.5, 0.6) is 0 Å². The monoisotopic (exact) mass is 440 g/mol. The van der Waals surface area contributed by atoms with Crippen LogP contribution in [0.4, 0.5) is 5.13 Å². The zero-order valence-corrected chi connectivity index (χ0v) is 17.3. The van der Waals surface area contributed by atoms with E-state index >= 15 is 0 Å². The molecule has 7 heteroatoms. The first kappa shape index (κ1) is 19.5. The maximum Gasteiger partial charge on any atom is 0.250 e. The van der Waals surface area contributed by atoms with Crippen molar-refractivity contribution in [3.8, 4) is 22.6 Å². The number of nitrogens with one attached hydrogen (secondary N) is 1. The number of furan rings is 1. The molecule has 2 aromatic heterocycles. The first-order valence-electron chi connectivity index (χ1n) is 8.64. The normalized spacial score (nSPS) is 11.1. The number of amides is 1. The van der Waals surface area contributed by atoms with Crippen molar-refractivity contribution < 1.29 is 9.21 Å². The van der Waals surface area contributed by atoms with Gasteiger partial charge < -0.3 is 4.42 Å². The third-order valence-corrected chi connectivity index (χ3v) is 5.62. The maximum atomic E-state index is 12.2. The van der Waals surface area contributed by atoms with Crippen molar-refractivity contribution >= 4 is 51.7 Å². The number of anilines is 1.